The van der Waals surface area contributed by atoms with Gasteiger partial charge >= 0.3 is 6.03 Å². The maximum atomic E-state index is 15.1. The Bertz CT molecular complexity index is 1760. The summed E-state index contributed by atoms with van der Waals surface area (Å²) in [6.07, 6.45) is 1.87. The van der Waals surface area contributed by atoms with Crippen LogP contribution in [0.5, 0.6) is 0 Å². The minimum absolute atomic E-state index is 0.0223. The molecule has 1 fully saturated rings. The molecule has 0 N–H and O–H groups in total. The quantitative estimate of drug-likeness (QED) is 0.263. The van der Waals surface area contributed by atoms with Gasteiger partial charge in [-0.2, -0.15) is 0 Å². The van der Waals surface area contributed by atoms with Gasteiger partial charge in [-0.25, -0.2) is 13.2 Å². The van der Waals surface area contributed by atoms with Crippen LogP contribution >= 0.6 is 11.6 Å². The van der Waals surface area contributed by atoms with Crippen molar-refractivity contribution in [3.63, 3.8) is 0 Å². The van der Waals surface area contributed by atoms with Crippen LogP contribution < -0.4 is 0 Å². The minimum Gasteiger partial charge on any atom is -0.322 e. The van der Waals surface area contributed by atoms with Crippen LogP contribution in [0.3, 0.4) is 0 Å². The van der Waals surface area contributed by atoms with E-state index in [2.05, 4.69) is 95.8 Å². The first-order valence-corrected chi connectivity index (χ1v) is 18.9. The van der Waals surface area contributed by atoms with Crippen LogP contribution in [0.2, 0.25) is 5.02 Å². The lowest BCUT2D eigenvalue weighted by atomic mass is 9.70. The number of sulfone groups is 1. The molecule has 2 aliphatic heterocycles. The third kappa shape index (κ3) is 7.01. The number of carbonyl (C=O) groups excluding carboxylic acids is 1. The molecular weight excluding hydrogens is 628 g/mol. The highest BCUT2D eigenvalue weighted by molar-refractivity contribution is 7.90. The Kier molecular flexibility index (Phi) is 9.72. The number of piperazine rings is 1. The third-order valence-corrected chi connectivity index (χ3v) is 11.4. The van der Waals surface area contributed by atoms with Crippen LogP contribution in [0.25, 0.3) is 0 Å². The van der Waals surface area contributed by atoms with E-state index in [1.807, 2.05) is 34.1 Å². The molecule has 5 rings (SSSR count). The van der Waals surface area contributed by atoms with Gasteiger partial charge in [-0.1, -0.05) is 92.5 Å². The smallest absolute Gasteiger partial charge is 0.322 e. The number of amidine groups is 1. The van der Waals surface area contributed by atoms with Crippen molar-refractivity contribution in [2.24, 2.45) is 4.99 Å². The number of nitrogens with zero attached hydrogens (tertiary/aromatic N) is 4. The van der Waals surface area contributed by atoms with E-state index in [1.54, 1.807) is 0 Å². The van der Waals surface area contributed by atoms with Crippen LogP contribution in [0, 0.1) is 13.8 Å². The largest absolute Gasteiger partial charge is 0.326 e. The molecule has 0 saturated carbocycles. The standard InChI is InChI=1S/C38H49ClN4O3S/c1-27-10-12-30(13-11-27)38(7)37(6,29-14-17-32(39)18-15-29)40-34(33-19-16-31(26-28(33)2)36(3,4)5)43(38)35(44)42-23-21-41(22-24-42)20-9-25-47(8,45)46/h10-19,26H,9,20-25H2,1-8H3/t37-,38+/m0/s1. The number of carbonyl (C=O) groups is 1. The Labute approximate surface area is 286 Å². The number of rotatable bonds is 7. The summed E-state index contributed by atoms with van der Waals surface area (Å²) in [6.45, 7) is 18.2. The zero-order valence-electron chi connectivity index (χ0n) is 29.1. The Morgan fingerprint density at radius 1 is 0.894 bits per heavy atom. The van der Waals surface area contributed by atoms with Gasteiger partial charge < -0.3 is 4.90 Å². The lowest BCUT2D eigenvalue weighted by molar-refractivity contribution is 0.0868. The zero-order valence-corrected chi connectivity index (χ0v) is 30.7. The molecule has 0 spiro atoms. The Balaban J connectivity index is 1.61. The van der Waals surface area contributed by atoms with Crippen molar-refractivity contribution in [2.45, 2.75) is 71.4 Å². The maximum Gasteiger partial charge on any atom is 0.326 e. The average molecular weight is 677 g/mol. The van der Waals surface area contributed by atoms with Gasteiger partial charge in [-0.05, 0) is 80.5 Å². The SMILES string of the molecule is Cc1ccc([C@@]2(C)N(C(=O)N3CCN(CCCS(C)(=O)=O)CC3)C(c3ccc(C(C)(C)C)cc3C)=N[C@@]2(C)c2ccc(Cl)cc2)cc1. The highest BCUT2D eigenvalue weighted by Gasteiger charge is 2.60. The molecule has 2 atom stereocenters. The van der Waals surface area contributed by atoms with Crippen LogP contribution in [-0.4, -0.2) is 79.7 Å². The summed E-state index contributed by atoms with van der Waals surface area (Å²) in [5.74, 6) is 0.828. The van der Waals surface area contributed by atoms with Gasteiger partial charge in [0.2, 0.25) is 0 Å². The van der Waals surface area contributed by atoms with E-state index >= 15 is 4.79 Å². The second-order valence-electron chi connectivity index (χ2n) is 14.7. The van der Waals surface area contributed by atoms with Gasteiger partial charge in [-0.15, -0.1) is 0 Å². The average Bonchev–Trinajstić information content (AvgIpc) is 3.24. The molecule has 0 aliphatic carbocycles. The van der Waals surface area contributed by atoms with Crippen molar-refractivity contribution >= 4 is 33.3 Å². The van der Waals surface area contributed by atoms with E-state index in [0.717, 1.165) is 27.8 Å². The van der Waals surface area contributed by atoms with Crippen molar-refractivity contribution in [1.29, 1.82) is 0 Å². The van der Waals surface area contributed by atoms with E-state index in [-0.39, 0.29) is 17.2 Å². The molecule has 2 aliphatic rings. The molecule has 0 radical (unpaired) electrons. The molecule has 47 heavy (non-hydrogen) atoms. The van der Waals surface area contributed by atoms with Crippen molar-refractivity contribution in [3.05, 3.63) is 105 Å². The summed E-state index contributed by atoms with van der Waals surface area (Å²) < 4.78 is 23.3. The second kappa shape index (κ2) is 13.0. The van der Waals surface area contributed by atoms with Gasteiger partial charge in [0.1, 0.15) is 26.8 Å². The lowest BCUT2D eigenvalue weighted by Crippen LogP contribution is -2.60. The first kappa shape index (κ1) is 35.1. The zero-order chi connectivity index (χ0) is 34.4. The van der Waals surface area contributed by atoms with Gasteiger partial charge in [0, 0.05) is 43.0 Å². The monoisotopic (exact) mass is 676 g/mol. The normalized spacial score (nSPS) is 22.4. The maximum absolute atomic E-state index is 15.1. The topological polar surface area (TPSA) is 73.3 Å². The van der Waals surface area contributed by atoms with Crippen LogP contribution in [0.15, 0.2) is 71.7 Å². The molecule has 9 heteroatoms. The van der Waals surface area contributed by atoms with Crippen LogP contribution in [0.4, 0.5) is 4.79 Å². The van der Waals surface area contributed by atoms with Gasteiger partial charge in [0.15, 0.2) is 0 Å². The lowest BCUT2D eigenvalue weighted by Gasteiger charge is -2.47. The predicted molar refractivity (Wildman–Crippen MR) is 193 cm³/mol. The summed E-state index contributed by atoms with van der Waals surface area (Å²) in [4.78, 5) is 26.7. The molecule has 1 saturated heterocycles. The summed E-state index contributed by atoms with van der Waals surface area (Å²) in [7, 11) is -3.00. The summed E-state index contributed by atoms with van der Waals surface area (Å²) in [5, 5.41) is 0.646. The number of benzene rings is 3. The fourth-order valence-corrected chi connectivity index (χ4v) is 7.69. The van der Waals surface area contributed by atoms with E-state index in [1.165, 1.54) is 11.8 Å². The third-order valence-electron chi connectivity index (χ3n) is 10.1. The molecule has 0 aromatic heterocycles. The molecule has 3 aromatic carbocycles. The Morgan fingerprint density at radius 3 is 2.04 bits per heavy atom. The first-order valence-electron chi connectivity index (χ1n) is 16.5. The number of aryl methyl sites for hydroxylation is 2. The van der Waals surface area contributed by atoms with Crippen LogP contribution in [0.1, 0.15) is 74.4 Å². The second-order valence-corrected chi connectivity index (χ2v) is 17.4. The van der Waals surface area contributed by atoms with Crippen molar-refractivity contribution in [3.8, 4) is 0 Å². The van der Waals surface area contributed by atoms with E-state index < -0.39 is 20.9 Å². The predicted octanol–water partition coefficient (Wildman–Crippen LogP) is 7.32. The van der Waals surface area contributed by atoms with E-state index in [4.69, 9.17) is 16.6 Å². The number of aliphatic imine (C=N–C) groups is 1. The Morgan fingerprint density at radius 2 is 1.49 bits per heavy atom. The Hall–Kier alpha value is -3.20. The van der Waals surface area contributed by atoms with Gasteiger partial charge in [0.25, 0.3) is 0 Å². The number of urea groups is 1. The summed E-state index contributed by atoms with van der Waals surface area (Å²) in [6, 6.07) is 22.7. The molecule has 2 heterocycles. The molecular formula is C38H49ClN4O3S. The molecule has 7 nitrogen and oxygen atoms in total. The van der Waals surface area contributed by atoms with E-state index in [0.29, 0.717) is 50.0 Å². The number of hydrogen-bond acceptors (Lipinski definition) is 5. The molecule has 2 amide bonds. The molecule has 0 bridgehead atoms. The number of hydrogen-bond donors (Lipinski definition) is 0. The van der Waals surface area contributed by atoms with Crippen molar-refractivity contribution in [2.75, 3.05) is 44.7 Å². The highest BCUT2D eigenvalue weighted by Crippen LogP contribution is 2.53. The fourth-order valence-electron chi connectivity index (χ4n) is 6.91. The van der Waals surface area contributed by atoms with E-state index in [9.17, 15) is 8.42 Å². The van der Waals surface area contributed by atoms with Gasteiger partial charge in [-0.3, -0.25) is 14.8 Å². The highest BCUT2D eigenvalue weighted by atomic mass is 35.5. The van der Waals surface area contributed by atoms with Crippen molar-refractivity contribution in [1.82, 2.24) is 14.7 Å². The number of amides is 2. The fraction of sp³-hybridized carbons (Fsp3) is 0.474. The minimum atomic E-state index is -3.00. The van der Waals surface area contributed by atoms with Gasteiger partial charge in [0.05, 0.1) is 5.75 Å². The summed E-state index contributed by atoms with van der Waals surface area (Å²) >= 11 is 6.37. The molecule has 3 aromatic rings. The summed E-state index contributed by atoms with van der Waals surface area (Å²) in [5.41, 5.74) is 4.58. The number of halogens is 1. The van der Waals surface area contributed by atoms with Crippen molar-refractivity contribution < 1.29 is 13.2 Å². The molecule has 0 unspecified atom stereocenters. The van der Waals surface area contributed by atoms with Crippen LogP contribution in [-0.2, 0) is 26.3 Å². The molecule has 252 valence electrons. The first-order chi connectivity index (χ1) is 21.9.